The minimum Gasteiger partial charge on any atom is -0.486 e. The topological polar surface area (TPSA) is 43.2 Å². The Morgan fingerprint density at radius 3 is 1.98 bits per heavy atom. The monoisotopic (exact) mass is 736 g/mol. The van der Waals surface area contributed by atoms with E-state index in [2.05, 4.69) is 170 Å². The molecule has 0 radical (unpaired) electrons. The molecule has 0 amide bonds. The molecule has 12 rings (SSSR count). The van der Waals surface area contributed by atoms with Crippen molar-refractivity contribution in [1.29, 1.82) is 0 Å². The number of rotatable bonds is 4. The van der Waals surface area contributed by atoms with E-state index in [9.17, 15) is 0 Å². The van der Waals surface area contributed by atoms with Gasteiger partial charge in [-0.05, 0) is 63.6 Å². The van der Waals surface area contributed by atoms with Gasteiger partial charge in [0.15, 0.2) is 5.84 Å². The van der Waals surface area contributed by atoms with Crippen LogP contribution >= 0.6 is 0 Å². The van der Waals surface area contributed by atoms with Crippen LogP contribution in [0.25, 0.3) is 16.7 Å². The Hall–Kier alpha value is -6.52. The summed E-state index contributed by atoms with van der Waals surface area (Å²) >= 11 is 0. The standard InChI is InChI=1S/C53H40N2O2/c1-2-12-34(13-3-1)46-32-47(37-26-28-41-40-16-6-10-20-48(40)56-51(41)31-37)55-52(54-46)35-24-22-33(23-25-35)36-27-29-50-45(30-36)53(44-19-9-11-21-49(44)57-50)42-17-7-4-14-38(42)39-15-5-8-18-43(39)53/h1-29,36,45,47,50-51H,30-32H2. The van der Waals surface area contributed by atoms with Crippen LogP contribution < -0.4 is 9.47 Å². The smallest absolute Gasteiger partial charge is 0.155 e. The molecule has 3 aliphatic carbocycles. The third kappa shape index (κ3) is 4.99. The van der Waals surface area contributed by atoms with E-state index in [0.717, 1.165) is 53.4 Å². The van der Waals surface area contributed by atoms with Crippen LogP contribution in [0.3, 0.4) is 0 Å². The second kappa shape index (κ2) is 12.8. The first-order chi connectivity index (χ1) is 28.2. The highest BCUT2D eigenvalue weighted by atomic mass is 16.5. The third-order valence-corrected chi connectivity index (χ3v) is 13.3. The number of fused-ring (bicyclic) bond motifs is 12. The zero-order valence-corrected chi connectivity index (χ0v) is 31.5. The van der Waals surface area contributed by atoms with Gasteiger partial charge in [0, 0.05) is 46.9 Å². The lowest BCUT2D eigenvalue weighted by Crippen LogP contribution is -2.49. The Kier molecular flexibility index (Phi) is 7.32. The van der Waals surface area contributed by atoms with Crippen molar-refractivity contribution in [3.63, 3.8) is 0 Å². The summed E-state index contributed by atoms with van der Waals surface area (Å²) in [4.78, 5) is 10.6. The van der Waals surface area contributed by atoms with Crippen LogP contribution in [0.15, 0.2) is 192 Å². The van der Waals surface area contributed by atoms with Crippen LogP contribution in [-0.2, 0) is 5.41 Å². The van der Waals surface area contributed by atoms with Gasteiger partial charge in [-0.2, -0.15) is 0 Å². The van der Waals surface area contributed by atoms with Crippen molar-refractivity contribution in [1.82, 2.24) is 0 Å². The van der Waals surface area contributed by atoms with Crippen molar-refractivity contribution in [3.8, 4) is 22.6 Å². The number of nitrogens with zero attached hydrogens (tertiary/aromatic N) is 2. The molecule has 0 bridgehead atoms. The molecule has 0 fully saturated rings. The maximum absolute atomic E-state index is 6.85. The Bertz CT molecular complexity index is 2710. The normalized spacial score (nSPS) is 24.2. The van der Waals surface area contributed by atoms with Crippen LogP contribution in [0.2, 0.25) is 0 Å². The van der Waals surface area contributed by atoms with Crippen molar-refractivity contribution < 1.29 is 9.47 Å². The summed E-state index contributed by atoms with van der Waals surface area (Å²) in [6.07, 6.45) is 11.8. The summed E-state index contributed by atoms with van der Waals surface area (Å²) < 4.78 is 13.3. The Balaban J connectivity index is 0.892. The van der Waals surface area contributed by atoms with Gasteiger partial charge in [-0.3, -0.25) is 4.99 Å². The van der Waals surface area contributed by atoms with Gasteiger partial charge in [-0.25, -0.2) is 4.99 Å². The lowest BCUT2D eigenvalue weighted by atomic mass is 9.57. The first-order valence-electron chi connectivity index (χ1n) is 20.3. The molecule has 3 aliphatic heterocycles. The van der Waals surface area contributed by atoms with Crippen LogP contribution in [0.4, 0.5) is 0 Å². The minimum atomic E-state index is -0.305. The molecule has 0 N–H and O–H groups in total. The fourth-order valence-electron chi connectivity index (χ4n) is 10.8. The van der Waals surface area contributed by atoms with E-state index in [1.165, 1.54) is 50.1 Å². The van der Waals surface area contributed by atoms with Crippen molar-refractivity contribution >= 4 is 17.1 Å². The molecule has 0 aromatic heterocycles. The maximum Gasteiger partial charge on any atom is 0.155 e. The van der Waals surface area contributed by atoms with Crippen molar-refractivity contribution in [3.05, 3.63) is 220 Å². The molecule has 0 saturated carbocycles. The molecule has 5 unspecified atom stereocenters. The zero-order chi connectivity index (χ0) is 37.5. The number of para-hydroxylation sites is 2. The number of allylic oxidation sites excluding steroid dienone is 3. The van der Waals surface area contributed by atoms with Gasteiger partial charge in [0.1, 0.15) is 23.7 Å². The molecule has 4 heteroatoms. The summed E-state index contributed by atoms with van der Waals surface area (Å²) in [6.45, 7) is 0. The van der Waals surface area contributed by atoms with Gasteiger partial charge in [-0.15, -0.1) is 0 Å². The molecule has 0 saturated heterocycles. The predicted octanol–water partition coefficient (Wildman–Crippen LogP) is 11.3. The third-order valence-electron chi connectivity index (χ3n) is 13.3. The van der Waals surface area contributed by atoms with E-state index in [1.54, 1.807) is 0 Å². The van der Waals surface area contributed by atoms with E-state index in [4.69, 9.17) is 19.5 Å². The van der Waals surface area contributed by atoms with Crippen LogP contribution in [0, 0.1) is 5.92 Å². The number of amidine groups is 1. The summed E-state index contributed by atoms with van der Waals surface area (Å²) in [7, 11) is 0. The Labute approximate surface area is 333 Å². The molecule has 57 heavy (non-hydrogen) atoms. The average Bonchev–Trinajstić information content (AvgIpc) is 3.80. The second-order valence-corrected chi connectivity index (χ2v) is 16.2. The summed E-state index contributed by atoms with van der Waals surface area (Å²) in [6, 6.07) is 54.8. The summed E-state index contributed by atoms with van der Waals surface area (Å²) in [5, 5.41) is 0. The molecular formula is C53H40N2O2. The Morgan fingerprint density at radius 1 is 0.544 bits per heavy atom. The first-order valence-corrected chi connectivity index (χ1v) is 20.3. The molecule has 6 aromatic rings. The predicted molar refractivity (Wildman–Crippen MR) is 229 cm³/mol. The second-order valence-electron chi connectivity index (χ2n) is 16.2. The number of benzene rings is 6. The fraction of sp³-hybridized carbons (Fsp3) is 0.170. The molecule has 1 spiro atoms. The SMILES string of the molecule is C1=CC2Oc3ccccc3C3(c4ccccc4-c4ccccc43)C2CC1c1ccc(C2=NC(C3=CC=C4c5ccccc5OC4C3)CC(c3ccccc3)=N2)cc1. The number of ether oxygens (including phenoxy) is 2. The lowest BCUT2D eigenvalue weighted by Gasteiger charge is -2.50. The van der Waals surface area contributed by atoms with Gasteiger partial charge in [0.05, 0.1) is 17.2 Å². The molecule has 4 nitrogen and oxygen atoms in total. The van der Waals surface area contributed by atoms with E-state index >= 15 is 0 Å². The van der Waals surface area contributed by atoms with Crippen molar-refractivity contribution in [2.24, 2.45) is 15.9 Å². The maximum atomic E-state index is 6.85. The van der Waals surface area contributed by atoms with Crippen LogP contribution in [-0.4, -0.2) is 29.8 Å². The average molecular weight is 737 g/mol. The molecular weight excluding hydrogens is 697 g/mol. The molecule has 274 valence electrons. The first kappa shape index (κ1) is 32.7. The number of aliphatic imine (C=N–C) groups is 2. The molecule has 3 heterocycles. The van der Waals surface area contributed by atoms with E-state index in [0.29, 0.717) is 0 Å². The van der Waals surface area contributed by atoms with Crippen LogP contribution in [0.5, 0.6) is 11.5 Å². The molecule has 5 atom stereocenters. The highest BCUT2D eigenvalue weighted by molar-refractivity contribution is 6.14. The quantitative estimate of drug-likeness (QED) is 0.169. The molecule has 6 aliphatic rings. The number of hydrogen-bond acceptors (Lipinski definition) is 4. The minimum absolute atomic E-state index is 0.0155. The van der Waals surface area contributed by atoms with Crippen molar-refractivity contribution in [2.45, 2.75) is 48.8 Å². The van der Waals surface area contributed by atoms with Crippen molar-refractivity contribution in [2.75, 3.05) is 0 Å². The van der Waals surface area contributed by atoms with E-state index in [1.807, 2.05) is 6.07 Å². The highest BCUT2D eigenvalue weighted by Crippen LogP contribution is 2.63. The zero-order valence-electron chi connectivity index (χ0n) is 31.5. The van der Waals surface area contributed by atoms with Crippen LogP contribution in [0.1, 0.15) is 64.1 Å². The fourth-order valence-corrected chi connectivity index (χ4v) is 10.8. The van der Waals surface area contributed by atoms with Gasteiger partial charge >= 0.3 is 0 Å². The van der Waals surface area contributed by atoms with E-state index in [-0.39, 0.29) is 35.5 Å². The van der Waals surface area contributed by atoms with E-state index < -0.39 is 0 Å². The summed E-state index contributed by atoms with van der Waals surface area (Å²) in [5.41, 5.74) is 14.7. The Morgan fingerprint density at radius 2 is 1.21 bits per heavy atom. The number of hydrogen-bond donors (Lipinski definition) is 0. The van der Waals surface area contributed by atoms with Gasteiger partial charge in [-0.1, -0.05) is 158 Å². The summed E-state index contributed by atoms with van der Waals surface area (Å²) in [5.74, 6) is 3.20. The van der Waals surface area contributed by atoms with Gasteiger partial charge in [0.2, 0.25) is 0 Å². The van der Waals surface area contributed by atoms with Gasteiger partial charge in [0.25, 0.3) is 0 Å². The lowest BCUT2D eigenvalue weighted by molar-refractivity contribution is 0.0976. The largest absolute Gasteiger partial charge is 0.486 e. The van der Waals surface area contributed by atoms with Gasteiger partial charge < -0.3 is 9.47 Å². The molecule has 6 aromatic carbocycles. The highest BCUT2D eigenvalue weighted by Gasteiger charge is 2.57.